The highest BCUT2D eigenvalue weighted by atomic mass is 16.5. The van der Waals surface area contributed by atoms with Crippen LogP contribution in [0, 0.1) is 13.8 Å². The van der Waals surface area contributed by atoms with Crippen molar-refractivity contribution in [2.75, 3.05) is 6.61 Å². The number of nitrogens with one attached hydrogen (secondary N) is 1. The van der Waals surface area contributed by atoms with Gasteiger partial charge in [0.1, 0.15) is 17.4 Å². The Morgan fingerprint density at radius 2 is 2.05 bits per heavy atom. The van der Waals surface area contributed by atoms with Crippen LogP contribution in [0.4, 0.5) is 0 Å². The zero-order chi connectivity index (χ0) is 16.0. The smallest absolute Gasteiger partial charge is 0.326 e. The third-order valence-corrected chi connectivity index (χ3v) is 2.81. The van der Waals surface area contributed by atoms with Crippen LogP contribution in [0.25, 0.3) is 0 Å². The predicted octanol–water partition coefficient (Wildman–Crippen LogP) is 0.818. The molecule has 2 N–H and O–H groups in total. The van der Waals surface area contributed by atoms with Gasteiger partial charge in [-0.25, -0.2) is 4.79 Å². The molecule has 1 heterocycles. The summed E-state index contributed by atoms with van der Waals surface area (Å²) in [5.41, 5.74) is 0.580. The summed E-state index contributed by atoms with van der Waals surface area (Å²) in [6.07, 6.45) is -0.143. The maximum Gasteiger partial charge on any atom is 0.326 e. The maximum atomic E-state index is 12.0. The van der Waals surface area contributed by atoms with Crippen molar-refractivity contribution in [3.63, 3.8) is 0 Å². The molecule has 8 heteroatoms. The van der Waals surface area contributed by atoms with Gasteiger partial charge in [-0.2, -0.15) is 0 Å². The van der Waals surface area contributed by atoms with Gasteiger partial charge in [0.15, 0.2) is 0 Å². The lowest BCUT2D eigenvalue weighted by atomic mass is 10.1. The molecule has 1 aromatic heterocycles. The minimum Gasteiger partial charge on any atom is -0.480 e. The van der Waals surface area contributed by atoms with Gasteiger partial charge in [0.05, 0.1) is 12.3 Å². The van der Waals surface area contributed by atoms with E-state index < -0.39 is 23.9 Å². The molecule has 0 aliphatic heterocycles. The molecule has 8 nitrogen and oxygen atoms in total. The molecule has 1 rings (SSSR count). The second-order valence-corrected chi connectivity index (χ2v) is 4.41. The fraction of sp³-hybridized carbons (Fsp3) is 0.538. The van der Waals surface area contributed by atoms with Gasteiger partial charge in [-0.05, 0) is 27.2 Å². The molecule has 1 amide bonds. The number of amides is 1. The molecule has 0 radical (unpaired) electrons. The fourth-order valence-electron chi connectivity index (χ4n) is 1.79. The molecule has 1 aromatic rings. The van der Waals surface area contributed by atoms with Crippen molar-refractivity contribution in [3.8, 4) is 0 Å². The molecule has 0 aromatic carbocycles. The molecule has 0 saturated carbocycles. The lowest BCUT2D eigenvalue weighted by Crippen LogP contribution is -2.41. The molecule has 1 atom stereocenters. The van der Waals surface area contributed by atoms with Crippen molar-refractivity contribution in [1.82, 2.24) is 10.5 Å². The Labute approximate surface area is 121 Å². The summed E-state index contributed by atoms with van der Waals surface area (Å²) >= 11 is 0. The van der Waals surface area contributed by atoms with E-state index in [0.29, 0.717) is 11.5 Å². The normalized spacial score (nSPS) is 11.8. The molecule has 0 bridgehead atoms. The van der Waals surface area contributed by atoms with E-state index in [2.05, 4.69) is 10.5 Å². The van der Waals surface area contributed by atoms with E-state index in [1.54, 1.807) is 20.8 Å². The zero-order valence-electron chi connectivity index (χ0n) is 12.1. The van der Waals surface area contributed by atoms with Crippen LogP contribution in [0.2, 0.25) is 0 Å². The van der Waals surface area contributed by atoms with Crippen LogP contribution < -0.4 is 5.32 Å². The fourth-order valence-corrected chi connectivity index (χ4v) is 1.79. The van der Waals surface area contributed by atoms with Gasteiger partial charge in [0.25, 0.3) is 5.91 Å². The summed E-state index contributed by atoms with van der Waals surface area (Å²) in [7, 11) is 0. The Morgan fingerprint density at radius 1 is 1.38 bits per heavy atom. The molecule has 0 unspecified atom stereocenters. The molecular formula is C13H18N2O6. The third-order valence-electron chi connectivity index (χ3n) is 2.81. The second kappa shape index (κ2) is 7.41. The highest BCUT2D eigenvalue weighted by molar-refractivity contribution is 5.98. The second-order valence-electron chi connectivity index (χ2n) is 4.41. The van der Waals surface area contributed by atoms with Gasteiger partial charge < -0.3 is 19.7 Å². The third kappa shape index (κ3) is 4.59. The van der Waals surface area contributed by atoms with E-state index in [9.17, 15) is 14.4 Å². The number of aryl methyl sites for hydroxylation is 2. The van der Waals surface area contributed by atoms with Crippen molar-refractivity contribution >= 4 is 17.8 Å². The van der Waals surface area contributed by atoms with Crippen LogP contribution in [0.3, 0.4) is 0 Å². The minimum absolute atomic E-state index is 0.0523. The monoisotopic (exact) mass is 298 g/mol. The van der Waals surface area contributed by atoms with E-state index in [4.69, 9.17) is 14.4 Å². The average Bonchev–Trinajstić information content (AvgIpc) is 2.74. The van der Waals surface area contributed by atoms with Crippen LogP contribution in [0.5, 0.6) is 0 Å². The maximum absolute atomic E-state index is 12.0. The number of nitrogens with zero attached hydrogens (tertiary/aromatic N) is 1. The number of aliphatic carboxylic acids is 1. The molecule has 0 saturated heterocycles. The van der Waals surface area contributed by atoms with E-state index in [-0.39, 0.29) is 25.0 Å². The molecule has 0 spiro atoms. The summed E-state index contributed by atoms with van der Waals surface area (Å²) in [6, 6.07) is -1.18. The van der Waals surface area contributed by atoms with Crippen LogP contribution in [-0.4, -0.2) is 40.8 Å². The Morgan fingerprint density at radius 3 is 2.52 bits per heavy atom. The predicted molar refractivity (Wildman–Crippen MR) is 70.7 cm³/mol. The van der Waals surface area contributed by atoms with Gasteiger partial charge in [0, 0.05) is 6.42 Å². The van der Waals surface area contributed by atoms with Gasteiger partial charge in [0.2, 0.25) is 0 Å². The number of ether oxygens (including phenoxy) is 1. The standard InChI is InChI=1S/C13H18N2O6/c1-4-20-10(16)6-5-9(13(18)19)14-12(17)11-7(2)15-21-8(11)3/h9H,4-6H2,1-3H3,(H,14,17)(H,18,19)/t9-/m0/s1. The zero-order valence-corrected chi connectivity index (χ0v) is 12.1. The van der Waals surface area contributed by atoms with Gasteiger partial charge in [-0.1, -0.05) is 5.16 Å². The highest BCUT2D eigenvalue weighted by Crippen LogP contribution is 2.12. The van der Waals surface area contributed by atoms with Crippen LogP contribution in [0.15, 0.2) is 4.52 Å². The van der Waals surface area contributed by atoms with Gasteiger partial charge >= 0.3 is 11.9 Å². The van der Waals surface area contributed by atoms with E-state index in [1.165, 1.54) is 0 Å². The summed E-state index contributed by atoms with van der Waals surface area (Å²) in [4.78, 5) is 34.4. The topological polar surface area (TPSA) is 119 Å². The first-order chi connectivity index (χ1) is 9.86. The molecule has 116 valence electrons. The average molecular weight is 298 g/mol. The molecular weight excluding hydrogens is 280 g/mol. The van der Waals surface area contributed by atoms with Gasteiger partial charge in [-0.3, -0.25) is 9.59 Å². The Hall–Kier alpha value is -2.38. The van der Waals surface area contributed by atoms with Crippen molar-refractivity contribution in [2.24, 2.45) is 0 Å². The number of carbonyl (C=O) groups excluding carboxylic acids is 2. The Kier molecular flexibility index (Phi) is 5.89. The van der Waals surface area contributed by atoms with Crippen molar-refractivity contribution in [1.29, 1.82) is 0 Å². The first-order valence-electron chi connectivity index (χ1n) is 6.49. The van der Waals surface area contributed by atoms with Crippen LogP contribution in [-0.2, 0) is 14.3 Å². The number of carbonyl (C=O) groups is 3. The molecule has 0 fully saturated rings. The van der Waals surface area contributed by atoms with Crippen LogP contribution in [0.1, 0.15) is 41.6 Å². The lowest BCUT2D eigenvalue weighted by Gasteiger charge is -2.13. The number of carboxylic acid groups (broad SMARTS) is 1. The number of carboxylic acids is 1. The number of aromatic nitrogens is 1. The Bertz CT molecular complexity index is 517. The Balaban J connectivity index is 2.69. The SMILES string of the molecule is CCOC(=O)CC[C@H](NC(=O)c1c(C)noc1C)C(=O)O. The van der Waals surface area contributed by atoms with E-state index in [0.717, 1.165) is 0 Å². The molecule has 21 heavy (non-hydrogen) atoms. The number of esters is 1. The summed E-state index contributed by atoms with van der Waals surface area (Å²) in [5, 5.41) is 15.1. The van der Waals surface area contributed by atoms with Gasteiger partial charge in [-0.15, -0.1) is 0 Å². The molecule has 0 aliphatic rings. The lowest BCUT2D eigenvalue weighted by molar-refractivity contribution is -0.144. The van der Waals surface area contributed by atoms with Crippen molar-refractivity contribution < 1.29 is 28.8 Å². The van der Waals surface area contributed by atoms with E-state index in [1.807, 2.05) is 0 Å². The largest absolute Gasteiger partial charge is 0.480 e. The summed E-state index contributed by atoms with van der Waals surface area (Å²) in [5.74, 6) is -2.02. The van der Waals surface area contributed by atoms with Crippen molar-refractivity contribution in [2.45, 2.75) is 39.7 Å². The molecule has 0 aliphatic carbocycles. The number of hydrogen-bond acceptors (Lipinski definition) is 6. The quantitative estimate of drug-likeness (QED) is 0.715. The minimum atomic E-state index is -1.22. The van der Waals surface area contributed by atoms with E-state index >= 15 is 0 Å². The number of rotatable bonds is 7. The summed E-state index contributed by atoms with van der Waals surface area (Å²) < 4.78 is 9.57. The highest BCUT2D eigenvalue weighted by Gasteiger charge is 2.25. The first kappa shape index (κ1) is 16.7. The van der Waals surface area contributed by atoms with Crippen LogP contribution >= 0.6 is 0 Å². The first-order valence-corrected chi connectivity index (χ1v) is 6.49. The van der Waals surface area contributed by atoms with Crippen molar-refractivity contribution in [3.05, 3.63) is 17.0 Å². The summed E-state index contributed by atoms with van der Waals surface area (Å²) in [6.45, 7) is 5.02. The number of hydrogen-bond donors (Lipinski definition) is 2.